The highest BCUT2D eigenvalue weighted by atomic mass is 32.2. The molecule has 3 aliphatic rings. The lowest BCUT2D eigenvalue weighted by Gasteiger charge is -2.22. The Hall–Kier alpha value is -1.62. The summed E-state index contributed by atoms with van der Waals surface area (Å²) in [5.74, 6) is 3.08. The minimum Gasteiger partial charge on any atom is -0.303 e. The molecule has 0 aliphatic heterocycles. The molecule has 0 atom stereocenters. The molecule has 5 heteroatoms. The molecule has 0 amide bonds. The number of nitrogens with zero attached hydrogens (tertiary/aromatic N) is 3. The van der Waals surface area contributed by atoms with Crippen LogP contribution in [0.5, 0.6) is 0 Å². The van der Waals surface area contributed by atoms with Crippen LogP contribution in [-0.4, -0.2) is 26.3 Å². The SMILES string of the molecule is O=C(CSc1nnc(C2CC2)n1C1CC1)c1ccc(C2CCCCC2)cc1. The second-order valence-electron chi connectivity index (χ2n) is 8.39. The molecule has 0 unspecified atom stereocenters. The Bertz CT molecular complexity index is 815. The first kappa shape index (κ1) is 17.5. The van der Waals surface area contributed by atoms with Crippen LogP contribution < -0.4 is 0 Å². The van der Waals surface area contributed by atoms with E-state index in [1.54, 1.807) is 11.8 Å². The quantitative estimate of drug-likeness (QED) is 0.468. The zero-order chi connectivity index (χ0) is 18.2. The molecule has 142 valence electrons. The molecule has 3 aliphatic carbocycles. The maximum absolute atomic E-state index is 12.7. The lowest BCUT2D eigenvalue weighted by Crippen LogP contribution is -2.07. The summed E-state index contributed by atoms with van der Waals surface area (Å²) in [5, 5.41) is 9.77. The van der Waals surface area contributed by atoms with Crippen molar-refractivity contribution in [3.05, 3.63) is 41.2 Å². The summed E-state index contributed by atoms with van der Waals surface area (Å²) in [7, 11) is 0. The van der Waals surface area contributed by atoms with E-state index in [-0.39, 0.29) is 5.78 Å². The fourth-order valence-corrected chi connectivity index (χ4v) is 5.18. The average molecular weight is 382 g/mol. The van der Waals surface area contributed by atoms with Crippen LogP contribution in [0.2, 0.25) is 0 Å². The van der Waals surface area contributed by atoms with Gasteiger partial charge in [-0.15, -0.1) is 10.2 Å². The smallest absolute Gasteiger partial charge is 0.191 e. The van der Waals surface area contributed by atoms with Crippen LogP contribution in [0.4, 0.5) is 0 Å². The number of thioether (sulfide) groups is 1. The normalized spacial score (nSPS) is 20.7. The lowest BCUT2D eigenvalue weighted by molar-refractivity contribution is 0.102. The Morgan fingerprint density at radius 3 is 2.33 bits per heavy atom. The molecule has 2 aromatic rings. The van der Waals surface area contributed by atoms with Gasteiger partial charge in [-0.25, -0.2) is 0 Å². The van der Waals surface area contributed by atoms with Gasteiger partial charge in [0.15, 0.2) is 10.9 Å². The molecule has 0 spiro atoms. The van der Waals surface area contributed by atoms with Crippen molar-refractivity contribution in [3.8, 4) is 0 Å². The van der Waals surface area contributed by atoms with Gasteiger partial charge in [-0.3, -0.25) is 4.79 Å². The summed E-state index contributed by atoms with van der Waals surface area (Å²) in [4.78, 5) is 12.7. The van der Waals surface area contributed by atoms with Gasteiger partial charge in [0.05, 0.1) is 5.75 Å². The number of ketones is 1. The third-order valence-corrected chi connectivity index (χ3v) is 7.13. The Kier molecular flexibility index (Phi) is 4.80. The zero-order valence-corrected chi connectivity index (χ0v) is 16.6. The van der Waals surface area contributed by atoms with Gasteiger partial charge < -0.3 is 4.57 Å². The van der Waals surface area contributed by atoms with Gasteiger partial charge >= 0.3 is 0 Å². The third-order valence-electron chi connectivity index (χ3n) is 6.19. The van der Waals surface area contributed by atoms with Crippen molar-refractivity contribution in [2.75, 3.05) is 5.75 Å². The van der Waals surface area contributed by atoms with Gasteiger partial charge in [-0.1, -0.05) is 55.3 Å². The van der Waals surface area contributed by atoms with Crippen molar-refractivity contribution >= 4 is 17.5 Å². The highest BCUT2D eigenvalue weighted by molar-refractivity contribution is 7.99. The Labute approximate surface area is 165 Å². The number of aromatic nitrogens is 3. The van der Waals surface area contributed by atoms with E-state index in [9.17, 15) is 4.79 Å². The molecule has 1 aromatic carbocycles. The van der Waals surface area contributed by atoms with Crippen LogP contribution in [0, 0.1) is 0 Å². The Morgan fingerprint density at radius 1 is 0.926 bits per heavy atom. The van der Waals surface area contributed by atoms with E-state index in [0.29, 0.717) is 23.6 Å². The monoisotopic (exact) mass is 381 g/mol. The second kappa shape index (κ2) is 7.42. The maximum Gasteiger partial charge on any atom is 0.191 e. The van der Waals surface area contributed by atoms with Crippen molar-refractivity contribution in [1.82, 2.24) is 14.8 Å². The molecule has 3 fully saturated rings. The van der Waals surface area contributed by atoms with E-state index < -0.39 is 0 Å². The predicted molar refractivity (Wildman–Crippen MR) is 108 cm³/mol. The summed E-state index contributed by atoms with van der Waals surface area (Å²) in [5.41, 5.74) is 2.23. The molecular weight excluding hydrogens is 354 g/mol. The Balaban J connectivity index is 1.23. The molecule has 1 heterocycles. The van der Waals surface area contributed by atoms with Crippen molar-refractivity contribution in [2.45, 2.75) is 80.8 Å². The molecule has 0 radical (unpaired) electrons. The highest BCUT2D eigenvalue weighted by Crippen LogP contribution is 2.46. The van der Waals surface area contributed by atoms with E-state index in [4.69, 9.17) is 0 Å². The van der Waals surface area contributed by atoms with Gasteiger partial charge in [0.1, 0.15) is 5.82 Å². The first-order chi connectivity index (χ1) is 13.3. The van der Waals surface area contributed by atoms with Gasteiger partial charge in [-0.05, 0) is 50.0 Å². The molecule has 0 bridgehead atoms. The summed E-state index contributed by atoms with van der Waals surface area (Å²) < 4.78 is 2.32. The van der Waals surface area contributed by atoms with Crippen molar-refractivity contribution in [1.29, 1.82) is 0 Å². The van der Waals surface area contributed by atoms with Crippen LogP contribution >= 0.6 is 11.8 Å². The number of carbonyl (C=O) groups excluding carboxylic acids is 1. The fourth-order valence-electron chi connectivity index (χ4n) is 4.27. The van der Waals surface area contributed by atoms with E-state index in [0.717, 1.165) is 16.5 Å². The molecule has 5 rings (SSSR count). The number of benzene rings is 1. The maximum atomic E-state index is 12.7. The van der Waals surface area contributed by atoms with Crippen LogP contribution in [0.15, 0.2) is 29.4 Å². The molecule has 4 nitrogen and oxygen atoms in total. The molecule has 3 saturated carbocycles. The van der Waals surface area contributed by atoms with E-state index in [1.807, 2.05) is 12.1 Å². The fraction of sp³-hybridized carbons (Fsp3) is 0.591. The number of carbonyl (C=O) groups is 1. The second-order valence-corrected chi connectivity index (χ2v) is 9.33. The van der Waals surface area contributed by atoms with Gasteiger partial charge in [-0.2, -0.15) is 0 Å². The molecular formula is C22H27N3OS. The first-order valence-corrected chi connectivity index (χ1v) is 11.5. The standard InChI is InChI=1S/C22H27N3OS/c26-20(17-8-6-16(7-9-17)15-4-2-1-3-5-15)14-27-22-24-23-21(18-10-11-18)25(22)19-12-13-19/h6-9,15,18-19H,1-5,10-14H2. The third kappa shape index (κ3) is 3.84. The van der Waals surface area contributed by atoms with Crippen molar-refractivity contribution < 1.29 is 4.79 Å². The minimum atomic E-state index is 0.188. The highest BCUT2D eigenvalue weighted by Gasteiger charge is 2.36. The molecule has 0 saturated heterocycles. The van der Waals surface area contributed by atoms with Crippen LogP contribution in [0.25, 0.3) is 0 Å². The van der Waals surface area contributed by atoms with Crippen LogP contribution in [0.3, 0.4) is 0 Å². The summed E-state index contributed by atoms with van der Waals surface area (Å²) in [6.45, 7) is 0. The van der Waals surface area contributed by atoms with Crippen LogP contribution in [-0.2, 0) is 0 Å². The molecule has 0 N–H and O–H groups in total. The van der Waals surface area contributed by atoms with Crippen LogP contribution in [0.1, 0.15) is 97.4 Å². The summed E-state index contributed by atoms with van der Waals surface area (Å²) in [6.07, 6.45) is 11.6. The predicted octanol–water partition coefficient (Wildman–Crippen LogP) is 5.51. The lowest BCUT2D eigenvalue weighted by atomic mass is 9.84. The van der Waals surface area contributed by atoms with E-state index in [1.165, 1.54) is 63.4 Å². The van der Waals surface area contributed by atoms with E-state index >= 15 is 0 Å². The molecule has 1 aromatic heterocycles. The number of hydrogen-bond donors (Lipinski definition) is 0. The minimum absolute atomic E-state index is 0.188. The van der Waals surface area contributed by atoms with Gasteiger partial charge in [0.25, 0.3) is 0 Å². The topological polar surface area (TPSA) is 47.8 Å². The number of rotatable bonds is 7. The summed E-state index contributed by atoms with van der Waals surface area (Å²) in [6, 6.07) is 8.96. The Morgan fingerprint density at radius 2 is 1.67 bits per heavy atom. The van der Waals surface area contributed by atoms with Gasteiger partial charge in [0.2, 0.25) is 0 Å². The average Bonchev–Trinajstić information content (AvgIpc) is 3.66. The largest absolute Gasteiger partial charge is 0.303 e. The van der Waals surface area contributed by atoms with E-state index in [2.05, 4.69) is 26.9 Å². The van der Waals surface area contributed by atoms with Gasteiger partial charge in [0, 0.05) is 17.5 Å². The molecule has 27 heavy (non-hydrogen) atoms. The van der Waals surface area contributed by atoms with Crippen molar-refractivity contribution in [2.24, 2.45) is 0 Å². The zero-order valence-electron chi connectivity index (χ0n) is 15.8. The number of hydrogen-bond acceptors (Lipinski definition) is 4. The summed E-state index contributed by atoms with van der Waals surface area (Å²) >= 11 is 1.56. The first-order valence-electron chi connectivity index (χ1n) is 10.5. The van der Waals surface area contributed by atoms with Crippen molar-refractivity contribution in [3.63, 3.8) is 0 Å². The number of Topliss-reactive ketones (excluding diaryl/α,β-unsaturated/α-hetero) is 1.